The Morgan fingerprint density at radius 3 is 2.48 bits per heavy atom. The highest BCUT2D eigenvalue weighted by Gasteiger charge is 2.11. The zero-order valence-electron chi connectivity index (χ0n) is 11.2. The maximum atomic E-state index is 11.7. The van der Waals surface area contributed by atoms with Gasteiger partial charge in [0, 0.05) is 10.5 Å². The van der Waals surface area contributed by atoms with Gasteiger partial charge in [-0.3, -0.25) is 20.4 Å². The standard InChI is InChI=1S/C15H13BrN2O3/c1-10-13(8-9-21-10)15(20)18-17-14(19)7-4-11-2-5-12(16)6-3-11/h2-9H,1H3,(H,17,19)(H,18,20)/b7-4+. The molecule has 2 aromatic rings. The molecule has 0 saturated heterocycles. The van der Waals surface area contributed by atoms with Gasteiger partial charge in [0.1, 0.15) is 5.76 Å². The van der Waals surface area contributed by atoms with Gasteiger partial charge >= 0.3 is 0 Å². The fourth-order valence-electron chi connectivity index (χ4n) is 1.59. The van der Waals surface area contributed by atoms with Crippen LogP contribution in [0.2, 0.25) is 0 Å². The van der Waals surface area contributed by atoms with E-state index in [1.807, 2.05) is 24.3 Å². The third-order valence-corrected chi connectivity index (χ3v) is 3.23. The fraction of sp³-hybridized carbons (Fsp3) is 0.0667. The Morgan fingerprint density at radius 2 is 1.86 bits per heavy atom. The Balaban J connectivity index is 1.86. The third kappa shape index (κ3) is 4.32. The smallest absolute Gasteiger partial charge is 0.273 e. The van der Waals surface area contributed by atoms with Gasteiger partial charge < -0.3 is 4.42 Å². The first-order valence-corrected chi connectivity index (χ1v) is 6.93. The van der Waals surface area contributed by atoms with E-state index in [0.717, 1.165) is 10.0 Å². The van der Waals surface area contributed by atoms with Crippen LogP contribution < -0.4 is 10.9 Å². The maximum absolute atomic E-state index is 11.7. The highest BCUT2D eigenvalue weighted by atomic mass is 79.9. The van der Waals surface area contributed by atoms with E-state index in [2.05, 4.69) is 26.8 Å². The minimum atomic E-state index is -0.424. The topological polar surface area (TPSA) is 71.3 Å². The number of aryl methyl sites for hydroxylation is 1. The molecule has 0 radical (unpaired) electrons. The average Bonchev–Trinajstić information content (AvgIpc) is 2.90. The van der Waals surface area contributed by atoms with E-state index < -0.39 is 11.8 Å². The van der Waals surface area contributed by atoms with Gasteiger partial charge in [0.2, 0.25) is 0 Å². The first-order valence-electron chi connectivity index (χ1n) is 6.14. The molecule has 0 saturated carbocycles. The van der Waals surface area contributed by atoms with Crippen LogP contribution in [0.1, 0.15) is 21.7 Å². The molecule has 0 aliphatic heterocycles. The van der Waals surface area contributed by atoms with E-state index in [-0.39, 0.29) is 0 Å². The molecule has 1 heterocycles. The molecule has 0 fully saturated rings. The van der Waals surface area contributed by atoms with Gasteiger partial charge in [-0.05, 0) is 36.8 Å². The minimum absolute atomic E-state index is 0.382. The lowest BCUT2D eigenvalue weighted by Gasteiger charge is -2.04. The lowest BCUT2D eigenvalue weighted by atomic mass is 10.2. The summed E-state index contributed by atoms with van der Waals surface area (Å²) in [5.74, 6) is -0.355. The molecule has 2 N–H and O–H groups in total. The molecule has 108 valence electrons. The summed E-state index contributed by atoms with van der Waals surface area (Å²) in [6.07, 6.45) is 4.41. The van der Waals surface area contributed by atoms with Gasteiger partial charge in [-0.15, -0.1) is 0 Å². The number of carbonyl (C=O) groups excluding carboxylic acids is 2. The predicted octanol–water partition coefficient (Wildman–Crippen LogP) is 2.82. The Labute approximate surface area is 130 Å². The van der Waals surface area contributed by atoms with E-state index in [9.17, 15) is 9.59 Å². The van der Waals surface area contributed by atoms with Crippen molar-refractivity contribution in [1.82, 2.24) is 10.9 Å². The van der Waals surface area contributed by atoms with E-state index >= 15 is 0 Å². The van der Waals surface area contributed by atoms with E-state index in [0.29, 0.717) is 11.3 Å². The second-order valence-corrected chi connectivity index (χ2v) is 5.13. The molecular weight excluding hydrogens is 336 g/mol. The van der Waals surface area contributed by atoms with Crippen LogP contribution >= 0.6 is 15.9 Å². The van der Waals surface area contributed by atoms with Crippen LogP contribution in [0.5, 0.6) is 0 Å². The minimum Gasteiger partial charge on any atom is -0.469 e. The number of amides is 2. The highest BCUT2D eigenvalue weighted by molar-refractivity contribution is 9.10. The molecular formula is C15H13BrN2O3. The number of benzene rings is 1. The summed E-state index contributed by atoms with van der Waals surface area (Å²) < 4.78 is 5.98. The highest BCUT2D eigenvalue weighted by Crippen LogP contribution is 2.11. The number of hydrazine groups is 1. The van der Waals surface area contributed by atoms with Crippen molar-refractivity contribution in [2.24, 2.45) is 0 Å². The monoisotopic (exact) mass is 348 g/mol. The molecule has 2 amide bonds. The lowest BCUT2D eigenvalue weighted by molar-refractivity contribution is -0.117. The number of furan rings is 1. The number of halogens is 1. The fourth-order valence-corrected chi connectivity index (χ4v) is 1.86. The number of hydrogen-bond donors (Lipinski definition) is 2. The van der Waals surface area contributed by atoms with Crippen molar-refractivity contribution in [2.75, 3.05) is 0 Å². The average molecular weight is 349 g/mol. The van der Waals surface area contributed by atoms with Crippen LogP contribution in [-0.2, 0) is 4.79 Å². The van der Waals surface area contributed by atoms with Gasteiger partial charge in [-0.1, -0.05) is 28.1 Å². The lowest BCUT2D eigenvalue weighted by Crippen LogP contribution is -2.40. The maximum Gasteiger partial charge on any atom is 0.273 e. The molecule has 0 bridgehead atoms. The molecule has 5 nitrogen and oxygen atoms in total. The summed E-state index contributed by atoms with van der Waals surface area (Å²) in [5.41, 5.74) is 5.88. The van der Waals surface area contributed by atoms with Crippen molar-refractivity contribution in [3.63, 3.8) is 0 Å². The van der Waals surface area contributed by atoms with E-state index in [1.54, 1.807) is 13.0 Å². The molecule has 2 rings (SSSR count). The van der Waals surface area contributed by atoms with Crippen LogP contribution in [0.25, 0.3) is 6.08 Å². The van der Waals surface area contributed by atoms with Crippen molar-refractivity contribution in [2.45, 2.75) is 6.92 Å². The van der Waals surface area contributed by atoms with E-state index in [4.69, 9.17) is 4.42 Å². The Kier molecular flexibility index (Phi) is 4.94. The zero-order chi connectivity index (χ0) is 15.2. The second kappa shape index (κ2) is 6.90. The summed E-state index contributed by atoms with van der Waals surface area (Å²) in [7, 11) is 0. The molecule has 0 unspecified atom stereocenters. The molecule has 0 aliphatic carbocycles. The van der Waals surface area contributed by atoms with Gasteiger partial charge in [0.25, 0.3) is 11.8 Å². The number of hydrogen-bond acceptors (Lipinski definition) is 3. The molecule has 1 aromatic heterocycles. The van der Waals surface area contributed by atoms with E-state index in [1.165, 1.54) is 18.4 Å². The molecule has 0 aliphatic rings. The van der Waals surface area contributed by atoms with Crippen LogP contribution in [0, 0.1) is 6.92 Å². The molecule has 6 heteroatoms. The molecule has 0 atom stereocenters. The molecule has 21 heavy (non-hydrogen) atoms. The summed E-state index contributed by atoms with van der Waals surface area (Å²) in [5, 5.41) is 0. The van der Waals surface area contributed by atoms with Gasteiger partial charge in [0.05, 0.1) is 11.8 Å². The van der Waals surface area contributed by atoms with Crippen molar-refractivity contribution >= 4 is 33.8 Å². The Hall–Kier alpha value is -2.34. The van der Waals surface area contributed by atoms with Crippen LogP contribution in [0.3, 0.4) is 0 Å². The SMILES string of the molecule is Cc1occc1C(=O)NNC(=O)/C=C/c1ccc(Br)cc1. The predicted molar refractivity (Wildman–Crippen MR) is 82.2 cm³/mol. The Bertz CT molecular complexity index is 674. The molecule has 0 spiro atoms. The van der Waals surface area contributed by atoms with Crippen molar-refractivity contribution in [1.29, 1.82) is 0 Å². The summed E-state index contributed by atoms with van der Waals surface area (Å²) >= 11 is 3.33. The van der Waals surface area contributed by atoms with Gasteiger partial charge in [-0.25, -0.2) is 0 Å². The van der Waals surface area contributed by atoms with Crippen LogP contribution in [0.15, 0.2) is 51.6 Å². The van der Waals surface area contributed by atoms with Crippen molar-refractivity contribution < 1.29 is 14.0 Å². The summed E-state index contributed by atoms with van der Waals surface area (Å²) in [6, 6.07) is 9.01. The number of rotatable bonds is 3. The largest absolute Gasteiger partial charge is 0.469 e. The first-order chi connectivity index (χ1) is 10.1. The third-order valence-electron chi connectivity index (χ3n) is 2.70. The quantitative estimate of drug-likeness (QED) is 0.661. The zero-order valence-corrected chi connectivity index (χ0v) is 12.8. The van der Waals surface area contributed by atoms with Crippen LogP contribution in [-0.4, -0.2) is 11.8 Å². The molecule has 1 aromatic carbocycles. The van der Waals surface area contributed by atoms with Gasteiger partial charge in [0.15, 0.2) is 0 Å². The normalized spacial score (nSPS) is 10.6. The summed E-state index contributed by atoms with van der Waals surface area (Å²) in [4.78, 5) is 23.3. The van der Waals surface area contributed by atoms with Gasteiger partial charge in [-0.2, -0.15) is 0 Å². The second-order valence-electron chi connectivity index (χ2n) is 4.22. The number of carbonyl (C=O) groups is 2. The summed E-state index contributed by atoms with van der Waals surface area (Å²) in [6.45, 7) is 1.67. The van der Waals surface area contributed by atoms with Crippen molar-refractivity contribution in [3.05, 3.63) is 64.0 Å². The first kappa shape index (κ1) is 15.1. The Morgan fingerprint density at radius 1 is 1.14 bits per heavy atom. The van der Waals surface area contributed by atoms with Crippen molar-refractivity contribution in [3.8, 4) is 0 Å². The number of nitrogens with one attached hydrogen (secondary N) is 2. The van der Waals surface area contributed by atoms with Crippen LogP contribution in [0.4, 0.5) is 0 Å².